The van der Waals surface area contributed by atoms with E-state index in [9.17, 15) is 8.42 Å². The molecule has 2 rings (SSSR count). The predicted molar refractivity (Wildman–Crippen MR) is 82.4 cm³/mol. The lowest BCUT2D eigenvalue weighted by Crippen LogP contribution is -2.31. The molecule has 0 aliphatic carbocycles. The smallest absolute Gasteiger partial charge is 0.212 e. The normalized spacial score (nSPS) is 14.7. The van der Waals surface area contributed by atoms with E-state index < -0.39 is 10.0 Å². The topological polar surface area (TPSA) is 70.2 Å². The molecular weight excluding hydrogens is 274 g/mol. The van der Waals surface area contributed by atoms with Gasteiger partial charge in [-0.15, -0.1) is 0 Å². The number of fused-ring (bicyclic) bond motifs is 1. The SMILES string of the molecule is CCNS(=O)(=O)CCNCc1cccc2c1NCCC2. The molecule has 3 N–H and O–H groups in total. The average Bonchev–Trinajstić information content (AvgIpc) is 2.43. The Labute approximate surface area is 121 Å². The minimum absolute atomic E-state index is 0.114. The van der Waals surface area contributed by atoms with Gasteiger partial charge in [-0.2, -0.15) is 0 Å². The van der Waals surface area contributed by atoms with Crippen LogP contribution in [0.2, 0.25) is 0 Å². The van der Waals surface area contributed by atoms with Crippen LogP contribution in [0.1, 0.15) is 24.5 Å². The van der Waals surface area contributed by atoms with Crippen molar-refractivity contribution in [2.75, 3.05) is 30.7 Å². The van der Waals surface area contributed by atoms with Crippen LogP contribution < -0.4 is 15.4 Å². The highest BCUT2D eigenvalue weighted by Crippen LogP contribution is 2.25. The van der Waals surface area contributed by atoms with Gasteiger partial charge in [-0.3, -0.25) is 0 Å². The molecule has 20 heavy (non-hydrogen) atoms. The Morgan fingerprint density at radius 1 is 1.35 bits per heavy atom. The van der Waals surface area contributed by atoms with Crippen LogP contribution in [0.15, 0.2) is 18.2 Å². The van der Waals surface area contributed by atoms with Crippen LogP contribution in [-0.4, -0.2) is 33.8 Å². The lowest BCUT2D eigenvalue weighted by atomic mass is 9.99. The molecule has 1 aliphatic rings. The molecule has 0 saturated carbocycles. The Morgan fingerprint density at radius 2 is 2.20 bits per heavy atom. The quantitative estimate of drug-likeness (QED) is 0.659. The first-order valence-corrected chi connectivity index (χ1v) is 8.80. The van der Waals surface area contributed by atoms with E-state index >= 15 is 0 Å². The van der Waals surface area contributed by atoms with E-state index in [1.165, 1.54) is 23.2 Å². The molecule has 1 heterocycles. The lowest BCUT2D eigenvalue weighted by molar-refractivity contribution is 0.578. The summed E-state index contributed by atoms with van der Waals surface area (Å²) in [6.45, 7) is 4.39. The summed E-state index contributed by atoms with van der Waals surface area (Å²) in [6.07, 6.45) is 2.29. The van der Waals surface area contributed by atoms with E-state index in [0.717, 1.165) is 13.0 Å². The summed E-state index contributed by atoms with van der Waals surface area (Å²) in [5.41, 5.74) is 3.79. The molecule has 5 nitrogen and oxygen atoms in total. The van der Waals surface area contributed by atoms with E-state index in [2.05, 4.69) is 33.6 Å². The maximum atomic E-state index is 11.5. The summed E-state index contributed by atoms with van der Waals surface area (Å²) in [5.74, 6) is 0.114. The van der Waals surface area contributed by atoms with Gasteiger partial charge in [0.2, 0.25) is 10.0 Å². The fraction of sp³-hybridized carbons (Fsp3) is 0.571. The Morgan fingerprint density at radius 3 is 3.00 bits per heavy atom. The largest absolute Gasteiger partial charge is 0.385 e. The Balaban J connectivity index is 1.86. The van der Waals surface area contributed by atoms with Crippen molar-refractivity contribution in [2.24, 2.45) is 0 Å². The lowest BCUT2D eigenvalue weighted by Gasteiger charge is -2.21. The molecule has 0 aromatic heterocycles. The number of para-hydroxylation sites is 1. The third kappa shape index (κ3) is 4.19. The third-order valence-corrected chi connectivity index (χ3v) is 4.86. The monoisotopic (exact) mass is 297 g/mol. The zero-order chi connectivity index (χ0) is 14.4. The maximum Gasteiger partial charge on any atom is 0.212 e. The number of rotatable bonds is 7. The molecule has 6 heteroatoms. The summed E-state index contributed by atoms with van der Waals surface area (Å²) in [4.78, 5) is 0. The number of hydrogen-bond donors (Lipinski definition) is 3. The maximum absolute atomic E-state index is 11.5. The van der Waals surface area contributed by atoms with Crippen molar-refractivity contribution in [2.45, 2.75) is 26.3 Å². The standard InChI is InChI=1S/C14H23N3O2S/c1-2-17-20(18,19)10-9-15-11-13-6-3-5-12-7-4-8-16-14(12)13/h3,5-6,15-17H,2,4,7-11H2,1H3. The molecule has 0 atom stereocenters. The van der Waals surface area contributed by atoms with Gasteiger partial charge in [0.05, 0.1) is 5.75 Å². The highest BCUT2D eigenvalue weighted by molar-refractivity contribution is 7.89. The predicted octanol–water partition coefficient (Wildman–Crippen LogP) is 1.07. The van der Waals surface area contributed by atoms with Gasteiger partial charge >= 0.3 is 0 Å². The second-order valence-electron chi connectivity index (χ2n) is 4.98. The Kier molecular flexibility index (Phi) is 5.39. The van der Waals surface area contributed by atoms with Gasteiger partial charge in [-0.25, -0.2) is 13.1 Å². The Hall–Kier alpha value is -1.11. The third-order valence-electron chi connectivity index (χ3n) is 3.39. The average molecular weight is 297 g/mol. The highest BCUT2D eigenvalue weighted by Gasteiger charge is 2.12. The van der Waals surface area contributed by atoms with Crippen LogP contribution in [-0.2, 0) is 23.0 Å². The van der Waals surface area contributed by atoms with Gasteiger partial charge < -0.3 is 10.6 Å². The first-order valence-electron chi connectivity index (χ1n) is 7.15. The molecule has 1 aliphatic heterocycles. The summed E-state index contributed by atoms with van der Waals surface area (Å²) in [5, 5.41) is 6.65. The molecule has 1 aromatic carbocycles. The number of aryl methyl sites for hydroxylation is 1. The highest BCUT2D eigenvalue weighted by atomic mass is 32.2. The van der Waals surface area contributed by atoms with Gasteiger partial charge in [0.1, 0.15) is 0 Å². The second kappa shape index (κ2) is 7.06. The van der Waals surface area contributed by atoms with E-state index in [-0.39, 0.29) is 5.75 Å². The van der Waals surface area contributed by atoms with Crippen LogP contribution >= 0.6 is 0 Å². The molecule has 0 fully saturated rings. The molecule has 0 amide bonds. The summed E-state index contributed by atoms with van der Waals surface area (Å²) >= 11 is 0. The molecule has 0 radical (unpaired) electrons. The van der Waals surface area contributed by atoms with Gasteiger partial charge in [0.15, 0.2) is 0 Å². The van der Waals surface area contributed by atoms with Gasteiger partial charge in [0.25, 0.3) is 0 Å². The van der Waals surface area contributed by atoms with Crippen molar-refractivity contribution in [3.05, 3.63) is 29.3 Å². The van der Waals surface area contributed by atoms with E-state index in [1.807, 2.05) is 0 Å². The van der Waals surface area contributed by atoms with E-state index in [1.54, 1.807) is 6.92 Å². The van der Waals surface area contributed by atoms with E-state index in [0.29, 0.717) is 19.6 Å². The van der Waals surface area contributed by atoms with Crippen molar-refractivity contribution >= 4 is 15.7 Å². The molecular formula is C14H23N3O2S. The van der Waals surface area contributed by atoms with Crippen molar-refractivity contribution in [3.8, 4) is 0 Å². The van der Waals surface area contributed by atoms with Crippen molar-refractivity contribution in [1.29, 1.82) is 0 Å². The first kappa shape index (κ1) is 15.3. The fourth-order valence-corrected chi connectivity index (χ4v) is 3.45. The zero-order valence-electron chi connectivity index (χ0n) is 11.9. The van der Waals surface area contributed by atoms with Crippen LogP contribution in [0.5, 0.6) is 0 Å². The molecule has 0 saturated heterocycles. The summed E-state index contributed by atoms with van der Waals surface area (Å²) in [7, 11) is -3.13. The van der Waals surface area contributed by atoms with Crippen molar-refractivity contribution < 1.29 is 8.42 Å². The number of hydrogen-bond acceptors (Lipinski definition) is 4. The molecule has 0 spiro atoms. The minimum atomic E-state index is -3.13. The fourth-order valence-electron chi connectivity index (χ4n) is 2.45. The van der Waals surface area contributed by atoms with Crippen molar-refractivity contribution in [1.82, 2.24) is 10.0 Å². The second-order valence-corrected chi connectivity index (χ2v) is 6.90. The first-order chi connectivity index (χ1) is 9.62. The molecule has 112 valence electrons. The van der Waals surface area contributed by atoms with Gasteiger partial charge in [0, 0.05) is 31.9 Å². The molecule has 1 aromatic rings. The van der Waals surface area contributed by atoms with Crippen LogP contribution in [0.25, 0.3) is 0 Å². The summed E-state index contributed by atoms with van der Waals surface area (Å²) < 4.78 is 25.5. The summed E-state index contributed by atoms with van der Waals surface area (Å²) in [6, 6.07) is 6.31. The zero-order valence-corrected chi connectivity index (χ0v) is 12.7. The van der Waals surface area contributed by atoms with Crippen LogP contribution in [0.3, 0.4) is 0 Å². The Bertz CT molecular complexity index is 543. The number of nitrogens with one attached hydrogen (secondary N) is 3. The minimum Gasteiger partial charge on any atom is -0.385 e. The van der Waals surface area contributed by atoms with Gasteiger partial charge in [-0.1, -0.05) is 25.1 Å². The molecule has 0 unspecified atom stereocenters. The number of anilines is 1. The van der Waals surface area contributed by atoms with E-state index in [4.69, 9.17) is 0 Å². The number of sulfonamides is 1. The van der Waals surface area contributed by atoms with Crippen molar-refractivity contribution in [3.63, 3.8) is 0 Å². The van der Waals surface area contributed by atoms with Crippen LogP contribution in [0, 0.1) is 0 Å². The van der Waals surface area contributed by atoms with Crippen LogP contribution in [0.4, 0.5) is 5.69 Å². The molecule has 0 bridgehead atoms. The number of benzene rings is 1. The van der Waals surface area contributed by atoms with Gasteiger partial charge in [-0.05, 0) is 24.0 Å².